The zero-order valence-electron chi connectivity index (χ0n) is 13.7. The summed E-state index contributed by atoms with van der Waals surface area (Å²) >= 11 is 0. The molecule has 0 aliphatic carbocycles. The normalized spacial score (nSPS) is 17.6. The monoisotopic (exact) mass is 328 g/mol. The van der Waals surface area contributed by atoms with Gasteiger partial charge in [0.2, 0.25) is 0 Å². The molecule has 2 aromatic rings. The van der Waals surface area contributed by atoms with E-state index in [0.717, 1.165) is 25.2 Å². The number of aromatic nitrogens is 2. The molecule has 0 bridgehead atoms. The van der Waals surface area contributed by atoms with Crippen LogP contribution in [0.2, 0.25) is 0 Å². The van der Waals surface area contributed by atoms with Crippen molar-refractivity contribution in [2.75, 3.05) is 16.8 Å². The average Bonchev–Trinajstić information content (AvgIpc) is 2.63. The maximum atomic E-state index is 12.9. The predicted octanol–water partition coefficient (Wildman–Crippen LogP) is 3.64. The molecule has 1 aliphatic rings. The summed E-state index contributed by atoms with van der Waals surface area (Å²) in [4.78, 5) is 23.1. The van der Waals surface area contributed by atoms with Gasteiger partial charge in [0.25, 0.3) is 5.91 Å². The van der Waals surface area contributed by atoms with Crippen LogP contribution in [0.3, 0.4) is 0 Å². The Morgan fingerprint density at radius 1 is 1.25 bits per heavy atom. The first-order valence-corrected chi connectivity index (χ1v) is 8.33. The van der Waals surface area contributed by atoms with E-state index in [4.69, 9.17) is 0 Å². The zero-order chi connectivity index (χ0) is 16.9. The molecule has 1 unspecified atom stereocenters. The van der Waals surface area contributed by atoms with Crippen molar-refractivity contribution in [1.29, 1.82) is 0 Å². The molecule has 1 amide bonds. The highest BCUT2D eigenvalue weighted by molar-refractivity contribution is 6.02. The number of amides is 1. The third-order valence-corrected chi connectivity index (χ3v) is 4.37. The van der Waals surface area contributed by atoms with Crippen molar-refractivity contribution in [2.24, 2.45) is 0 Å². The Labute approximate surface area is 140 Å². The summed E-state index contributed by atoms with van der Waals surface area (Å²) in [5.74, 6) is 0.121. The molecule has 2 heterocycles. The van der Waals surface area contributed by atoms with Gasteiger partial charge in [0, 0.05) is 18.3 Å². The Morgan fingerprint density at radius 2 is 2.04 bits per heavy atom. The number of hydrogen-bond acceptors (Lipinski definition) is 4. The van der Waals surface area contributed by atoms with Crippen molar-refractivity contribution in [2.45, 2.75) is 38.6 Å². The van der Waals surface area contributed by atoms with Gasteiger partial charge >= 0.3 is 0 Å². The van der Waals surface area contributed by atoms with Crippen LogP contribution in [0.4, 0.5) is 15.9 Å². The molecular formula is C18H21FN4O. The fourth-order valence-corrected chi connectivity index (χ4v) is 3.04. The molecule has 0 saturated carbocycles. The number of hydrogen-bond donors (Lipinski definition) is 1. The highest BCUT2D eigenvalue weighted by atomic mass is 19.1. The summed E-state index contributed by atoms with van der Waals surface area (Å²) in [5.41, 5.74) is 0.766. The van der Waals surface area contributed by atoms with Crippen molar-refractivity contribution in [1.82, 2.24) is 9.97 Å². The number of halogens is 1. The predicted molar refractivity (Wildman–Crippen MR) is 91.7 cm³/mol. The number of piperidine rings is 1. The first kappa shape index (κ1) is 16.4. The number of nitrogens with one attached hydrogen (secondary N) is 1. The minimum atomic E-state index is -0.355. The highest BCUT2D eigenvalue weighted by Crippen LogP contribution is 2.24. The van der Waals surface area contributed by atoms with Gasteiger partial charge in [0.15, 0.2) is 0 Å². The molecule has 24 heavy (non-hydrogen) atoms. The van der Waals surface area contributed by atoms with Crippen LogP contribution in [0.1, 0.15) is 43.1 Å². The van der Waals surface area contributed by atoms with Gasteiger partial charge < -0.3 is 10.2 Å². The van der Waals surface area contributed by atoms with Gasteiger partial charge in [-0.05, 0) is 49.9 Å². The van der Waals surface area contributed by atoms with E-state index >= 15 is 0 Å². The summed E-state index contributed by atoms with van der Waals surface area (Å²) in [6.07, 6.45) is 7.81. The summed E-state index contributed by atoms with van der Waals surface area (Å²) in [7, 11) is 0. The number of carbonyl (C=O) groups is 1. The van der Waals surface area contributed by atoms with Crippen LogP contribution in [-0.2, 0) is 0 Å². The lowest BCUT2D eigenvalue weighted by molar-refractivity contribution is 0.102. The first-order valence-electron chi connectivity index (χ1n) is 8.33. The molecule has 1 atom stereocenters. The molecule has 126 valence electrons. The lowest BCUT2D eigenvalue weighted by atomic mass is 10.0. The van der Waals surface area contributed by atoms with E-state index in [1.165, 1.54) is 43.3 Å². The lowest BCUT2D eigenvalue weighted by Gasteiger charge is -2.35. The Hall–Kier alpha value is -2.50. The second kappa shape index (κ2) is 7.38. The van der Waals surface area contributed by atoms with E-state index in [9.17, 15) is 9.18 Å². The average molecular weight is 328 g/mol. The summed E-state index contributed by atoms with van der Waals surface area (Å²) in [6, 6.07) is 6.10. The molecule has 1 aromatic heterocycles. The van der Waals surface area contributed by atoms with E-state index < -0.39 is 0 Å². The number of benzene rings is 1. The highest BCUT2D eigenvalue weighted by Gasteiger charge is 2.22. The maximum Gasteiger partial charge on any atom is 0.275 e. The van der Waals surface area contributed by atoms with Crippen molar-refractivity contribution < 1.29 is 9.18 Å². The van der Waals surface area contributed by atoms with Crippen molar-refractivity contribution in [3.63, 3.8) is 0 Å². The van der Waals surface area contributed by atoms with Crippen LogP contribution < -0.4 is 10.2 Å². The number of carbonyl (C=O) groups excluding carboxylic acids is 1. The van der Waals surface area contributed by atoms with Crippen LogP contribution in [-0.4, -0.2) is 28.5 Å². The third kappa shape index (κ3) is 3.69. The van der Waals surface area contributed by atoms with Crippen LogP contribution >= 0.6 is 0 Å². The van der Waals surface area contributed by atoms with E-state index in [2.05, 4.69) is 27.1 Å². The quantitative estimate of drug-likeness (QED) is 0.931. The maximum absolute atomic E-state index is 12.9. The molecular weight excluding hydrogens is 307 g/mol. The number of rotatable bonds is 4. The largest absolute Gasteiger partial charge is 0.352 e. The molecule has 5 nitrogen and oxygen atoms in total. The van der Waals surface area contributed by atoms with Gasteiger partial charge in [-0.25, -0.2) is 14.4 Å². The molecule has 1 saturated heterocycles. The second-order valence-electron chi connectivity index (χ2n) is 5.97. The van der Waals surface area contributed by atoms with Crippen LogP contribution in [0.15, 0.2) is 36.7 Å². The van der Waals surface area contributed by atoms with Crippen LogP contribution in [0.5, 0.6) is 0 Å². The van der Waals surface area contributed by atoms with Gasteiger partial charge in [-0.3, -0.25) is 4.79 Å². The molecule has 1 fully saturated rings. The Balaban J connectivity index is 1.69. The summed E-state index contributed by atoms with van der Waals surface area (Å²) < 4.78 is 12.9. The summed E-state index contributed by atoms with van der Waals surface area (Å²) in [6.45, 7) is 3.16. The van der Waals surface area contributed by atoms with Crippen molar-refractivity contribution in [3.8, 4) is 0 Å². The summed E-state index contributed by atoms with van der Waals surface area (Å²) in [5, 5.41) is 2.68. The van der Waals surface area contributed by atoms with Crippen LogP contribution in [0, 0.1) is 5.82 Å². The third-order valence-electron chi connectivity index (χ3n) is 4.37. The Morgan fingerprint density at radius 3 is 2.71 bits per heavy atom. The fourth-order valence-electron chi connectivity index (χ4n) is 3.04. The number of anilines is 2. The molecule has 6 heteroatoms. The minimum absolute atomic E-state index is 0.244. The van der Waals surface area contributed by atoms with E-state index in [-0.39, 0.29) is 17.4 Å². The van der Waals surface area contributed by atoms with E-state index in [1.54, 1.807) is 6.20 Å². The van der Waals surface area contributed by atoms with E-state index in [0.29, 0.717) is 11.7 Å². The van der Waals surface area contributed by atoms with Crippen molar-refractivity contribution in [3.05, 3.63) is 48.2 Å². The van der Waals surface area contributed by atoms with Gasteiger partial charge in [-0.1, -0.05) is 6.92 Å². The molecule has 1 aliphatic heterocycles. The van der Waals surface area contributed by atoms with Crippen LogP contribution in [0.25, 0.3) is 0 Å². The molecule has 3 rings (SSSR count). The molecule has 0 radical (unpaired) electrons. The van der Waals surface area contributed by atoms with Gasteiger partial charge in [0.05, 0.1) is 12.4 Å². The minimum Gasteiger partial charge on any atom is -0.352 e. The first-order chi connectivity index (χ1) is 11.7. The molecule has 0 spiro atoms. The SMILES string of the molecule is CCC1CCCCN1c1cnc(C(=O)Nc2ccc(F)cc2)cn1. The molecule has 1 N–H and O–H groups in total. The number of nitrogens with zero attached hydrogens (tertiary/aromatic N) is 3. The Kier molecular flexibility index (Phi) is 5.03. The smallest absolute Gasteiger partial charge is 0.275 e. The van der Waals surface area contributed by atoms with Gasteiger partial charge in [0.1, 0.15) is 17.3 Å². The molecule has 1 aromatic carbocycles. The van der Waals surface area contributed by atoms with Gasteiger partial charge in [-0.2, -0.15) is 0 Å². The second-order valence-corrected chi connectivity index (χ2v) is 5.97. The fraction of sp³-hybridized carbons (Fsp3) is 0.389. The van der Waals surface area contributed by atoms with E-state index in [1.807, 2.05) is 0 Å². The van der Waals surface area contributed by atoms with Crippen molar-refractivity contribution >= 4 is 17.4 Å². The van der Waals surface area contributed by atoms with Gasteiger partial charge in [-0.15, -0.1) is 0 Å². The lowest BCUT2D eigenvalue weighted by Crippen LogP contribution is -2.39. The topological polar surface area (TPSA) is 58.1 Å². The zero-order valence-corrected chi connectivity index (χ0v) is 13.7. The Bertz CT molecular complexity index is 687. The standard InChI is InChI=1S/C18H21FN4O/c1-2-15-5-3-4-10-23(15)17-12-20-16(11-21-17)18(24)22-14-8-6-13(19)7-9-14/h6-9,11-12,15H,2-5,10H2,1H3,(H,22,24).